The molecule has 120 valence electrons. The number of hydrogen-bond acceptors (Lipinski definition) is 9. The average Bonchev–Trinajstić information content (AvgIpc) is 3.00. The van der Waals surface area contributed by atoms with Crippen LogP contribution in [0.4, 0.5) is 0 Å². The fourth-order valence-electron chi connectivity index (χ4n) is 2.23. The minimum absolute atomic E-state index is 0.402. The third kappa shape index (κ3) is 2.79. The predicted molar refractivity (Wildman–Crippen MR) is 70.3 cm³/mol. The quantitative estimate of drug-likeness (QED) is 0.557. The Kier molecular flexibility index (Phi) is 3.80. The van der Waals surface area contributed by atoms with E-state index in [1.54, 1.807) is 0 Å². The molecular formula is C10H13N5O6S. The summed E-state index contributed by atoms with van der Waals surface area (Å²) in [4.78, 5) is 11.9. The third-order valence-corrected chi connectivity index (χ3v) is 3.71. The lowest BCUT2D eigenvalue weighted by Gasteiger charge is -2.16. The molecule has 0 aliphatic carbocycles. The number of rotatable bonds is 4. The Labute approximate surface area is 124 Å². The first-order chi connectivity index (χ1) is 10.4. The first kappa shape index (κ1) is 15.2. The van der Waals surface area contributed by atoms with Gasteiger partial charge in [-0.25, -0.2) is 20.1 Å². The number of aromatic nitrogens is 4. The molecule has 1 saturated heterocycles. The van der Waals surface area contributed by atoms with Gasteiger partial charge in [-0.3, -0.25) is 8.75 Å². The molecule has 0 saturated carbocycles. The van der Waals surface area contributed by atoms with Crippen molar-refractivity contribution in [3.63, 3.8) is 0 Å². The zero-order valence-electron chi connectivity index (χ0n) is 11.1. The van der Waals surface area contributed by atoms with E-state index in [-0.39, 0.29) is 0 Å². The molecule has 1 aliphatic rings. The summed E-state index contributed by atoms with van der Waals surface area (Å²) in [5, 5.41) is 24.7. The standard InChI is InChI=1S/C10H13N5O6S/c11-22(18,19)20-2-6-7(16)8(17)10(21-6)15-4-14-5-1-12-3-13-9(5)15/h1,3-4,6-8,10,16-17H,2H2,(H2,11,18,19)/t6-,7-,8-,10-/m1/s1. The number of hydrogen-bond donors (Lipinski definition) is 3. The molecule has 0 radical (unpaired) electrons. The minimum atomic E-state index is -4.17. The normalized spacial score (nSPS) is 29.2. The SMILES string of the molecule is NS(=O)(=O)OC[C@H]1O[C@@H](n2cnc3cncnc32)[C@H](O)[C@@H]1O. The molecule has 0 unspecified atom stereocenters. The van der Waals surface area contributed by atoms with Gasteiger partial charge in [-0.15, -0.1) is 0 Å². The summed E-state index contributed by atoms with van der Waals surface area (Å²) in [6.45, 7) is -0.519. The van der Waals surface area contributed by atoms with Crippen molar-refractivity contribution in [2.24, 2.45) is 5.14 Å². The van der Waals surface area contributed by atoms with Crippen LogP contribution in [0.15, 0.2) is 18.9 Å². The molecule has 4 N–H and O–H groups in total. The number of nitrogens with zero attached hydrogens (tertiary/aromatic N) is 4. The molecule has 12 heteroatoms. The predicted octanol–water partition coefficient (Wildman–Crippen LogP) is -2.33. The summed E-state index contributed by atoms with van der Waals surface area (Å²) < 4.78 is 32.8. The van der Waals surface area contributed by atoms with Gasteiger partial charge in [0.05, 0.1) is 19.1 Å². The molecule has 2 aromatic heterocycles. The Morgan fingerprint density at radius 2 is 2.14 bits per heavy atom. The van der Waals surface area contributed by atoms with E-state index in [2.05, 4.69) is 19.1 Å². The van der Waals surface area contributed by atoms with Crippen LogP contribution in [0.5, 0.6) is 0 Å². The zero-order valence-corrected chi connectivity index (χ0v) is 11.9. The minimum Gasteiger partial charge on any atom is -0.387 e. The molecule has 3 rings (SSSR count). The topological polar surface area (TPSA) is 163 Å². The van der Waals surface area contributed by atoms with E-state index in [0.717, 1.165) is 0 Å². The van der Waals surface area contributed by atoms with Crippen molar-refractivity contribution in [2.75, 3.05) is 6.61 Å². The molecule has 0 aromatic carbocycles. The molecule has 2 aromatic rings. The zero-order chi connectivity index (χ0) is 15.9. The summed E-state index contributed by atoms with van der Waals surface area (Å²) >= 11 is 0. The fraction of sp³-hybridized carbons (Fsp3) is 0.500. The molecule has 3 heterocycles. The monoisotopic (exact) mass is 331 g/mol. The van der Waals surface area contributed by atoms with E-state index in [4.69, 9.17) is 9.88 Å². The van der Waals surface area contributed by atoms with Crippen LogP contribution < -0.4 is 5.14 Å². The first-order valence-electron chi connectivity index (χ1n) is 6.18. The molecule has 1 aliphatic heterocycles. The van der Waals surface area contributed by atoms with Crippen molar-refractivity contribution in [1.29, 1.82) is 0 Å². The first-order valence-corrected chi connectivity index (χ1v) is 7.65. The van der Waals surface area contributed by atoms with Crippen LogP contribution in [-0.4, -0.2) is 63.1 Å². The second-order valence-corrected chi connectivity index (χ2v) is 5.93. The average molecular weight is 331 g/mol. The highest BCUT2D eigenvalue weighted by Gasteiger charge is 2.44. The van der Waals surface area contributed by atoms with Gasteiger partial charge in [-0.1, -0.05) is 0 Å². The number of aliphatic hydroxyl groups is 2. The molecule has 0 spiro atoms. The summed E-state index contributed by atoms with van der Waals surface area (Å²) in [5.41, 5.74) is 0.885. The van der Waals surface area contributed by atoms with E-state index in [1.165, 1.54) is 23.4 Å². The second-order valence-electron chi connectivity index (χ2n) is 4.71. The van der Waals surface area contributed by atoms with Gasteiger partial charge in [-0.05, 0) is 0 Å². The lowest BCUT2D eigenvalue weighted by molar-refractivity contribution is -0.0467. The number of aliphatic hydroxyl groups excluding tert-OH is 2. The van der Waals surface area contributed by atoms with Crippen molar-refractivity contribution in [3.8, 4) is 0 Å². The summed E-state index contributed by atoms with van der Waals surface area (Å²) in [6, 6.07) is 0. The van der Waals surface area contributed by atoms with Crippen LogP contribution in [0.2, 0.25) is 0 Å². The van der Waals surface area contributed by atoms with E-state index < -0.39 is 41.5 Å². The molecular weight excluding hydrogens is 318 g/mol. The highest BCUT2D eigenvalue weighted by atomic mass is 32.2. The number of ether oxygens (including phenoxy) is 1. The Balaban J connectivity index is 1.83. The number of nitrogens with two attached hydrogens (primary N) is 1. The maximum Gasteiger partial charge on any atom is 0.333 e. The summed E-state index contributed by atoms with van der Waals surface area (Å²) in [6.07, 6.45) is -0.574. The maximum atomic E-state index is 10.8. The molecule has 0 bridgehead atoms. The van der Waals surface area contributed by atoms with Crippen LogP contribution in [-0.2, 0) is 19.2 Å². The highest BCUT2D eigenvalue weighted by Crippen LogP contribution is 2.31. The second kappa shape index (κ2) is 5.49. The molecule has 11 nitrogen and oxygen atoms in total. The maximum absolute atomic E-state index is 10.8. The summed E-state index contributed by atoms with van der Waals surface area (Å²) in [7, 11) is -4.17. The van der Waals surface area contributed by atoms with Gasteiger partial charge in [0.1, 0.15) is 30.2 Å². The number of imidazole rings is 1. The fourth-order valence-corrected chi connectivity index (χ4v) is 2.55. The Morgan fingerprint density at radius 1 is 1.36 bits per heavy atom. The molecule has 0 amide bonds. The number of fused-ring (bicyclic) bond motifs is 1. The molecule has 1 fully saturated rings. The largest absolute Gasteiger partial charge is 0.387 e. The Morgan fingerprint density at radius 3 is 2.86 bits per heavy atom. The summed E-state index contributed by atoms with van der Waals surface area (Å²) in [5.74, 6) is 0. The van der Waals surface area contributed by atoms with E-state index in [9.17, 15) is 18.6 Å². The van der Waals surface area contributed by atoms with Crippen LogP contribution >= 0.6 is 0 Å². The van der Waals surface area contributed by atoms with Crippen LogP contribution in [0.1, 0.15) is 6.23 Å². The van der Waals surface area contributed by atoms with Crippen LogP contribution in [0.25, 0.3) is 11.2 Å². The van der Waals surface area contributed by atoms with Crippen molar-refractivity contribution < 1.29 is 27.6 Å². The van der Waals surface area contributed by atoms with Gasteiger partial charge >= 0.3 is 10.3 Å². The van der Waals surface area contributed by atoms with Gasteiger partial charge in [-0.2, -0.15) is 8.42 Å². The molecule has 4 atom stereocenters. The van der Waals surface area contributed by atoms with E-state index in [0.29, 0.717) is 11.2 Å². The van der Waals surface area contributed by atoms with E-state index in [1.807, 2.05) is 0 Å². The third-order valence-electron chi connectivity index (χ3n) is 3.25. The van der Waals surface area contributed by atoms with Crippen molar-refractivity contribution in [1.82, 2.24) is 19.5 Å². The lowest BCUT2D eigenvalue weighted by atomic mass is 10.1. The van der Waals surface area contributed by atoms with Crippen molar-refractivity contribution >= 4 is 21.5 Å². The van der Waals surface area contributed by atoms with Gasteiger partial charge in [0.25, 0.3) is 0 Å². The lowest BCUT2D eigenvalue weighted by Crippen LogP contribution is -2.35. The van der Waals surface area contributed by atoms with Crippen molar-refractivity contribution in [3.05, 3.63) is 18.9 Å². The highest BCUT2D eigenvalue weighted by molar-refractivity contribution is 7.84. The molecule has 22 heavy (non-hydrogen) atoms. The van der Waals surface area contributed by atoms with E-state index >= 15 is 0 Å². The Hall–Kier alpha value is -1.70. The van der Waals surface area contributed by atoms with Gasteiger partial charge in [0.2, 0.25) is 0 Å². The van der Waals surface area contributed by atoms with Crippen LogP contribution in [0.3, 0.4) is 0 Å². The van der Waals surface area contributed by atoms with Crippen molar-refractivity contribution in [2.45, 2.75) is 24.5 Å². The van der Waals surface area contributed by atoms with Gasteiger partial charge in [0.15, 0.2) is 11.9 Å². The smallest absolute Gasteiger partial charge is 0.333 e. The Bertz CT molecular complexity index is 779. The van der Waals surface area contributed by atoms with Gasteiger partial charge in [0, 0.05) is 0 Å². The van der Waals surface area contributed by atoms with Crippen LogP contribution in [0, 0.1) is 0 Å². The van der Waals surface area contributed by atoms with Gasteiger partial charge < -0.3 is 14.9 Å².